The zero-order chi connectivity index (χ0) is 24.3. The number of alkyl halides is 3. The highest BCUT2D eigenvalue weighted by Crippen LogP contribution is 2.41. The van der Waals surface area contributed by atoms with Gasteiger partial charge in [0.05, 0.1) is 11.3 Å². The highest BCUT2D eigenvalue weighted by Gasteiger charge is 2.31. The number of aromatic nitrogens is 1. The molecule has 178 valence electrons. The molecule has 1 saturated carbocycles. The van der Waals surface area contributed by atoms with Crippen LogP contribution in [0.1, 0.15) is 45.9 Å². The number of hydrogen-bond acceptors (Lipinski definition) is 4. The second kappa shape index (κ2) is 9.62. The van der Waals surface area contributed by atoms with Crippen molar-refractivity contribution in [2.45, 2.75) is 44.7 Å². The van der Waals surface area contributed by atoms with E-state index in [2.05, 4.69) is 4.74 Å². The number of rotatable bonds is 9. The zero-order valence-electron chi connectivity index (χ0n) is 18.0. The average Bonchev–Trinajstić information content (AvgIpc) is 3.61. The summed E-state index contributed by atoms with van der Waals surface area (Å²) in [5.41, 5.74) is 2.52. The highest BCUT2D eigenvalue weighted by atomic mass is 19.4. The monoisotopic (exact) mass is 473 g/mol. The number of aryl methyl sites for hydroxylation is 1. The van der Waals surface area contributed by atoms with Crippen LogP contribution in [0.5, 0.6) is 11.5 Å². The van der Waals surface area contributed by atoms with Crippen LogP contribution in [0, 0.1) is 0 Å². The quantitative estimate of drug-likeness (QED) is 0.466. The minimum atomic E-state index is -4.81. The number of nitrogens with zero attached hydrogens (tertiary/aromatic N) is 1. The van der Waals surface area contributed by atoms with Crippen molar-refractivity contribution in [1.82, 2.24) is 4.57 Å². The number of carboxylic acid groups (broad SMARTS) is 1. The van der Waals surface area contributed by atoms with E-state index in [9.17, 15) is 22.8 Å². The van der Waals surface area contributed by atoms with Crippen molar-refractivity contribution in [2.75, 3.05) is 0 Å². The molecule has 3 aromatic rings. The van der Waals surface area contributed by atoms with E-state index in [1.54, 1.807) is 22.8 Å². The molecule has 1 heterocycles. The number of pyridine rings is 1. The summed E-state index contributed by atoms with van der Waals surface area (Å²) in [4.78, 5) is 23.8. The zero-order valence-corrected chi connectivity index (χ0v) is 18.0. The van der Waals surface area contributed by atoms with Crippen molar-refractivity contribution < 1.29 is 32.5 Å². The van der Waals surface area contributed by atoms with Crippen molar-refractivity contribution >= 4 is 5.97 Å². The normalized spacial score (nSPS) is 13.5. The van der Waals surface area contributed by atoms with Gasteiger partial charge in [0.2, 0.25) is 0 Å². The average molecular weight is 473 g/mol. The van der Waals surface area contributed by atoms with E-state index in [-0.39, 0.29) is 29.2 Å². The Morgan fingerprint density at radius 2 is 1.74 bits per heavy atom. The van der Waals surface area contributed by atoms with Gasteiger partial charge in [-0.1, -0.05) is 24.3 Å². The van der Waals surface area contributed by atoms with Crippen LogP contribution in [0.2, 0.25) is 0 Å². The van der Waals surface area contributed by atoms with E-state index in [1.807, 2.05) is 0 Å². The Labute approximate surface area is 193 Å². The minimum absolute atomic E-state index is 0.00926. The van der Waals surface area contributed by atoms with Crippen LogP contribution in [0.25, 0.3) is 0 Å². The predicted molar refractivity (Wildman–Crippen MR) is 117 cm³/mol. The van der Waals surface area contributed by atoms with Crippen LogP contribution in [-0.2, 0) is 19.6 Å². The SMILES string of the molecule is O=C(O)c1ccc(CCn2c(COc3cccc(OC(F)(F)F)c3)c(C3CC3)ccc2=O)cc1. The first-order valence-corrected chi connectivity index (χ1v) is 10.7. The summed E-state index contributed by atoms with van der Waals surface area (Å²) in [7, 11) is 0. The lowest BCUT2D eigenvalue weighted by molar-refractivity contribution is -0.274. The van der Waals surface area contributed by atoms with E-state index in [0.717, 1.165) is 30.0 Å². The molecular formula is C25H22F3NO5. The van der Waals surface area contributed by atoms with Gasteiger partial charge < -0.3 is 19.1 Å². The van der Waals surface area contributed by atoms with Crippen molar-refractivity contribution in [3.63, 3.8) is 0 Å². The topological polar surface area (TPSA) is 77.8 Å². The molecule has 1 fully saturated rings. The number of benzene rings is 2. The summed E-state index contributed by atoms with van der Waals surface area (Å²) in [5.74, 6) is -0.887. The fraction of sp³-hybridized carbons (Fsp3) is 0.280. The largest absolute Gasteiger partial charge is 0.573 e. The van der Waals surface area contributed by atoms with Gasteiger partial charge in [-0.15, -0.1) is 13.2 Å². The molecule has 0 aliphatic heterocycles. The van der Waals surface area contributed by atoms with Crippen LogP contribution in [0.4, 0.5) is 13.2 Å². The van der Waals surface area contributed by atoms with Crippen LogP contribution in [0.3, 0.4) is 0 Å². The van der Waals surface area contributed by atoms with Gasteiger partial charge in [-0.25, -0.2) is 4.79 Å². The van der Waals surface area contributed by atoms with Gasteiger partial charge in [0, 0.05) is 18.7 Å². The van der Waals surface area contributed by atoms with E-state index in [4.69, 9.17) is 9.84 Å². The molecule has 1 aliphatic rings. The number of ether oxygens (including phenoxy) is 2. The van der Waals surface area contributed by atoms with Crippen LogP contribution >= 0.6 is 0 Å². The first-order chi connectivity index (χ1) is 16.2. The molecule has 1 N–H and O–H groups in total. The predicted octanol–water partition coefficient (Wildman–Crippen LogP) is 5.14. The van der Waals surface area contributed by atoms with Gasteiger partial charge in [0.15, 0.2) is 0 Å². The maximum Gasteiger partial charge on any atom is 0.573 e. The third-order valence-electron chi connectivity index (χ3n) is 5.59. The van der Waals surface area contributed by atoms with Gasteiger partial charge in [0.25, 0.3) is 5.56 Å². The standard InChI is InChI=1S/C25H22F3NO5/c26-25(27,28)34-20-3-1-2-19(14-20)33-15-22-21(17-8-9-17)10-11-23(30)29(22)13-12-16-4-6-18(7-5-16)24(31)32/h1-7,10-11,14,17H,8-9,12-13,15H2,(H,31,32). The maximum absolute atomic E-state index is 12.7. The minimum Gasteiger partial charge on any atom is -0.487 e. The first kappa shape index (κ1) is 23.4. The van der Waals surface area contributed by atoms with Crippen molar-refractivity contribution in [2.24, 2.45) is 0 Å². The van der Waals surface area contributed by atoms with Crippen LogP contribution in [-0.4, -0.2) is 22.0 Å². The number of carbonyl (C=O) groups is 1. The second-order valence-corrected chi connectivity index (χ2v) is 8.06. The third-order valence-corrected chi connectivity index (χ3v) is 5.59. The Morgan fingerprint density at radius 3 is 2.38 bits per heavy atom. The van der Waals surface area contributed by atoms with E-state index in [0.29, 0.717) is 24.6 Å². The summed E-state index contributed by atoms with van der Waals surface area (Å²) < 4.78 is 48.9. The van der Waals surface area contributed by atoms with E-state index < -0.39 is 12.3 Å². The first-order valence-electron chi connectivity index (χ1n) is 10.7. The van der Waals surface area contributed by atoms with Crippen LogP contribution < -0.4 is 15.0 Å². The number of aromatic carboxylic acids is 1. The Kier molecular flexibility index (Phi) is 6.63. The number of hydrogen-bond donors (Lipinski definition) is 1. The molecule has 6 nitrogen and oxygen atoms in total. The lowest BCUT2D eigenvalue weighted by atomic mass is 10.1. The molecule has 0 saturated heterocycles. The lowest BCUT2D eigenvalue weighted by Crippen LogP contribution is -2.26. The molecule has 1 aromatic heterocycles. The summed E-state index contributed by atoms with van der Waals surface area (Å²) in [6, 6.07) is 15.0. The van der Waals surface area contributed by atoms with Gasteiger partial charge in [0.1, 0.15) is 18.1 Å². The molecule has 34 heavy (non-hydrogen) atoms. The van der Waals surface area contributed by atoms with Crippen molar-refractivity contribution in [3.8, 4) is 11.5 Å². The second-order valence-electron chi connectivity index (χ2n) is 8.06. The molecular weight excluding hydrogens is 451 g/mol. The molecule has 0 radical (unpaired) electrons. The maximum atomic E-state index is 12.7. The Bertz CT molecular complexity index is 1230. The number of halogens is 3. The Balaban J connectivity index is 1.54. The highest BCUT2D eigenvalue weighted by molar-refractivity contribution is 5.87. The Hall–Kier alpha value is -3.75. The molecule has 0 bridgehead atoms. The molecule has 2 aromatic carbocycles. The van der Waals surface area contributed by atoms with Crippen molar-refractivity contribution in [1.29, 1.82) is 0 Å². The molecule has 1 aliphatic carbocycles. The summed E-state index contributed by atoms with van der Waals surface area (Å²) >= 11 is 0. The lowest BCUT2D eigenvalue weighted by Gasteiger charge is -2.18. The fourth-order valence-corrected chi connectivity index (χ4v) is 3.78. The van der Waals surface area contributed by atoms with Gasteiger partial charge >= 0.3 is 12.3 Å². The van der Waals surface area contributed by atoms with E-state index >= 15 is 0 Å². The molecule has 0 unspecified atom stereocenters. The number of carboxylic acids is 1. The summed E-state index contributed by atoms with van der Waals surface area (Å²) in [6.45, 7) is 0.358. The molecule has 4 rings (SSSR count). The van der Waals surface area contributed by atoms with Crippen LogP contribution in [0.15, 0.2) is 65.5 Å². The smallest absolute Gasteiger partial charge is 0.487 e. The van der Waals surface area contributed by atoms with Gasteiger partial charge in [-0.05, 0) is 60.6 Å². The van der Waals surface area contributed by atoms with E-state index in [1.165, 1.54) is 36.4 Å². The molecule has 0 spiro atoms. The summed E-state index contributed by atoms with van der Waals surface area (Å²) in [6.07, 6.45) is -2.32. The van der Waals surface area contributed by atoms with Crippen molar-refractivity contribution in [3.05, 3.63) is 93.4 Å². The molecule has 0 atom stereocenters. The summed E-state index contributed by atoms with van der Waals surface area (Å²) in [5, 5.41) is 9.05. The fourth-order valence-electron chi connectivity index (χ4n) is 3.78. The third kappa shape index (κ3) is 5.98. The van der Waals surface area contributed by atoms with Gasteiger partial charge in [-0.2, -0.15) is 0 Å². The molecule has 9 heteroatoms. The Morgan fingerprint density at radius 1 is 1.03 bits per heavy atom. The van der Waals surface area contributed by atoms with Gasteiger partial charge in [-0.3, -0.25) is 4.79 Å². The molecule has 0 amide bonds.